The highest BCUT2D eigenvalue weighted by molar-refractivity contribution is 7.10. The van der Waals surface area contributed by atoms with Crippen molar-refractivity contribution in [2.24, 2.45) is 5.73 Å². The summed E-state index contributed by atoms with van der Waals surface area (Å²) in [5.41, 5.74) is 7.72. The molecule has 0 aliphatic heterocycles. The molecule has 0 atom stereocenters. The van der Waals surface area contributed by atoms with Gasteiger partial charge in [0, 0.05) is 31.2 Å². The third-order valence-corrected chi connectivity index (χ3v) is 3.79. The van der Waals surface area contributed by atoms with Gasteiger partial charge in [-0.2, -0.15) is 0 Å². The fourth-order valence-corrected chi connectivity index (χ4v) is 2.49. The van der Waals surface area contributed by atoms with E-state index in [1.165, 1.54) is 17.1 Å². The molecule has 1 aromatic heterocycles. The first kappa shape index (κ1) is 14.4. The predicted molar refractivity (Wildman–Crippen MR) is 79.1 cm³/mol. The van der Waals surface area contributed by atoms with Gasteiger partial charge in [-0.25, -0.2) is 0 Å². The summed E-state index contributed by atoms with van der Waals surface area (Å²) in [4.78, 5) is 2.30. The van der Waals surface area contributed by atoms with Crippen molar-refractivity contribution in [3.8, 4) is 0 Å². The zero-order valence-electron chi connectivity index (χ0n) is 10.6. The first-order valence-corrected chi connectivity index (χ1v) is 7.38. The molecule has 2 aromatic rings. The molecule has 102 valence electrons. The zero-order valence-corrected chi connectivity index (χ0v) is 12.2. The summed E-state index contributed by atoms with van der Waals surface area (Å²) in [6, 6.07) is 10.4. The van der Waals surface area contributed by atoms with Crippen LogP contribution in [0.3, 0.4) is 0 Å². The van der Waals surface area contributed by atoms with Crippen LogP contribution in [0, 0.1) is 0 Å². The second-order valence-corrected chi connectivity index (χ2v) is 5.69. The lowest BCUT2D eigenvalue weighted by Gasteiger charge is -2.21. The molecule has 2 rings (SSSR count). The second kappa shape index (κ2) is 7.55. The topological polar surface area (TPSA) is 55.0 Å². The number of nitrogens with zero attached hydrogens (tertiary/aromatic N) is 3. The zero-order chi connectivity index (χ0) is 13.5. The van der Waals surface area contributed by atoms with Gasteiger partial charge in [-0.1, -0.05) is 46.4 Å². The van der Waals surface area contributed by atoms with Crippen molar-refractivity contribution in [2.45, 2.75) is 19.5 Å². The average molecular weight is 297 g/mol. The maximum absolute atomic E-state index is 6.06. The molecule has 0 bridgehead atoms. The number of rotatable bonds is 7. The van der Waals surface area contributed by atoms with Crippen LogP contribution in [0.1, 0.15) is 17.7 Å². The van der Waals surface area contributed by atoms with Crippen LogP contribution in [-0.2, 0) is 13.1 Å². The van der Waals surface area contributed by atoms with Gasteiger partial charge in [0.25, 0.3) is 0 Å². The monoisotopic (exact) mass is 296 g/mol. The Bertz CT molecular complexity index is 488. The summed E-state index contributed by atoms with van der Waals surface area (Å²) in [6.45, 7) is 3.20. The van der Waals surface area contributed by atoms with E-state index in [1.807, 2.05) is 18.2 Å². The molecule has 0 aliphatic carbocycles. The van der Waals surface area contributed by atoms with Crippen molar-refractivity contribution in [1.29, 1.82) is 0 Å². The highest BCUT2D eigenvalue weighted by atomic mass is 35.5. The normalized spacial score (nSPS) is 11.1. The van der Waals surface area contributed by atoms with Gasteiger partial charge in [0.05, 0.1) is 0 Å². The Balaban J connectivity index is 2.01. The molecule has 1 heterocycles. The smallest absolute Gasteiger partial charge is 0.138 e. The SMILES string of the molecule is NCCCN(Cc1ccccc1)Cc1nnsc1Cl. The molecular formula is C13H17ClN4S. The van der Waals surface area contributed by atoms with E-state index in [0.717, 1.165) is 25.2 Å². The Morgan fingerprint density at radius 2 is 2.00 bits per heavy atom. The van der Waals surface area contributed by atoms with Crippen molar-refractivity contribution < 1.29 is 0 Å². The van der Waals surface area contributed by atoms with Gasteiger partial charge >= 0.3 is 0 Å². The number of benzene rings is 1. The van der Waals surface area contributed by atoms with Crippen molar-refractivity contribution in [3.05, 3.63) is 45.9 Å². The van der Waals surface area contributed by atoms with E-state index in [0.29, 0.717) is 17.4 Å². The largest absolute Gasteiger partial charge is 0.330 e. The molecule has 4 nitrogen and oxygen atoms in total. The molecule has 0 fully saturated rings. The maximum atomic E-state index is 6.06. The molecule has 0 saturated carbocycles. The Morgan fingerprint density at radius 3 is 2.63 bits per heavy atom. The number of aromatic nitrogens is 2. The van der Waals surface area contributed by atoms with Crippen molar-refractivity contribution in [1.82, 2.24) is 14.5 Å². The summed E-state index contributed by atoms with van der Waals surface area (Å²) in [6.07, 6.45) is 0.960. The lowest BCUT2D eigenvalue weighted by molar-refractivity contribution is 0.252. The van der Waals surface area contributed by atoms with Crippen LogP contribution >= 0.6 is 23.1 Å². The highest BCUT2D eigenvalue weighted by Crippen LogP contribution is 2.19. The van der Waals surface area contributed by atoms with E-state index in [2.05, 4.69) is 26.6 Å². The van der Waals surface area contributed by atoms with Crippen LogP contribution in [0.5, 0.6) is 0 Å². The molecule has 0 unspecified atom stereocenters. The molecular weight excluding hydrogens is 280 g/mol. The number of halogens is 1. The van der Waals surface area contributed by atoms with Crippen molar-refractivity contribution in [2.75, 3.05) is 13.1 Å². The third kappa shape index (κ3) is 4.54. The van der Waals surface area contributed by atoms with Crippen LogP contribution in [0.15, 0.2) is 30.3 Å². The fourth-order valence-electron chi connectivity index (χ4n) is 1.87. The van der Waals surface area contributed by atoms with Crippen LogP contribution in [0.4, 0.5) is 0 Å². The number of hydrogen-bond donors (Lipinski definition) is 1. The lowest BCUT2D eigenvalue weighted by atomic mass is 10.2. The minimum atomic E-state index is 0.672. The molecule has 0 spiro atoms. The summed E-state index contributed by atoms with van der Waals surface area (Å²) in [5.74, 6) is 0. The van der Waals surface area contributed by atoms with E-state index in [9.17, 15) is 0 Å². The maximum Gasteiger partial charge on any atom is 0.138 e. The van der Waals surface area contributed by atoms with Gasteiger partial charge in [-0.05, 0) is 18.5 Å². The molecule has 6 heteroatoms. The first-order chi connectivity index (χ1) is 9.29. The first-order valence-electron chi connectivity index (χ1n) is 6.22. The molecule has 19 heavy (non-hydrogen) atoms. The molecule has 0 saturated heterocycles. The molecule has 0 amide bonds. The number of hydrogen-bond acceptors (Lipinski definition) is 5. The van der Waals surface area contributed by atoms with E-state index in [-0.39, 0.29) is 0 Å². The third-order valence-electron chi connectivity index (χ3n) is 2.81. The second-order valence-electron chi connectivity index (χ2n) is 4.33. The Kier molecular flexibility index (Phi) is 5.72. The predicted octanol–water partition coefficient (Wildman–Crippen LogP) is 2.54. The lowest BCUT2D eigenvalue weighted by Crippen LogP contribution is -2.26. The van der Waals surface area contributed by atoms with E-state index < -0.39 is 0 Å². The van der Waals surface area contributed by atoms with Crippen LogP contribution in [0.2, 0.25) is 4.34 Å². The minimum absolute atomic E-state index is 0.672. The molecule has 0 radical (unpaired) electrons. The van der Waals surface area contributed by atoms with Gasteiger partial charge in [-0.3, -0.25) is 4.90 Å². The van der Waals surface area contributed by atoms with E-state index in [4.69, 9.17) is 17.3 Å². The van der Waals surface area contributed by atoms with Gasteiger partial charge in [0.2, 0.25) is 0 Å². The van der Waals surface area contributed by atoms with Gasteiger partial charge in [0.1, 0.15) is 10.0 Å². The Labute approximate surface area is 122 Å². The molecule has 0 aliphatic rings. The number of nitrogens with two attached hydrogens (primary N) is 1. The van der Waals surface area contributed by atoms with Gasteiger partial charge in [0.15, 0.2) is 0 Å². The summed E-state index contributed by atoms with van der Waals surface area (Å²) < 4.78 is 4.54. The average Bonchev–Trinajstić information content (AvgIpc) is 2.83. The minimum Gasteiger partial charge on any atom is -0.330 e. The van der Waals surface area contributed by atoms with Crippen molar-refractivity contribution in [3.63, 3.8) is 0 Å². The van der Waals surface area contributed by atoms with E-state index >= 15 is 0 Å². The summed E-state index contributed by atoms with van der Waals surface area (Å²) >= 11 is 7.29. The Morgan fingerprint density at radius 1 is 1.21 bits per heavy atom. The summed E-state index contributed by atoms with van der Waals surface area (Å²) in [5, 5.41) is 4.07. The van der Waals surface area contributed by atoms with Crippen molar-refractivity contribution >= 4 is 23.1 Å². The standard InChI is InChI=1S/C13H17ClN4S/c14-13-12(16-17-19-13)10-18(8-4-7-15)9-11-5-2-1-3-6-11/h1-3,5-6H,4,7-10,15H2. The van der Waals surface area contributed by atoms with Crippen LogP contribution in [-0.4, -0.2) is 27.6 Å². The molecule has 2 N–H and O–H groups in total. The highest BCUT2D eigenvalue weighted by Gasteiger charge is 2.12. The van der Waals surface area contributed by atoms with Gasteiger partial charge in [-0.15, -0.1) is 5.10 Å². The van der Waals surface area contributed by atoms with Crippen LogP contribution in [0.25, 0.3) is 0 Å². The molecule has 1 aromatic carbocycles. The quantitative estimate of drug-likeness (QED) is 0.853. The van der Waals surface area contributed by atoms with E-state index in [1.54, 1.807) is 0 Å². The Hall–Kier alpha value is -1.01. The fraction of sp³-hybridized carbons (Fsp3) is 0.385. The van der Waals surface area contributed by atoms with Crippen LogP contribution < -0.4 is 5.73 Å². The summed E-state index contributed by atoms with van der Waals surface area (Å²) in [7, 11) is 0. The van der Waals surface area contributed by atoms with Gasteiger partial charge < -0.3 is 5.73 Å².